The monoisotopic (exact) mass is 504 g/mol. The Morgan fingerprint density at radius 2 is 2.00 bits per heavy atom. The normalized spacial score (nSPS) is 23.9. The number of pyridine rings is 1. The highest BCUT2D eigenvalue weighted by molar-refractivity contribution is 6.02. The van der Waals surface area contributed by atoms with Gasteiger partial charge in [0.2, 0.25) is 0 Å². The summed E-state index contributed by atoms with van der Waals surface area (Å²) in [6.45, 7) is -2.79. The second-order valence-corrected chi connectivity index (χ2v) is 7.94. The average molecular weight is 504 g/mol. The fourth-order valence-corrected chi connectivity index (χ4v) is 3.65. The van der Waals surface area contributed by atoms with Gasteiger partial charge in [0, 0.05) is 11.3 Å². The highest BCUT2D eigenvalue weighted by Gasteiger charge is 2.62. The van der Waals surface area contributed by atoms with Gasteiger partial charge >= 0.3 is 12.3 Å². The number of alkyl halides is 5. The number of aromatic nitrogens is 1. The molecule has 2 aromatic rings. The second-order valence-electron chi connectivity index (χ2n) is 7.94. The van der Waals surface area contributed by atoms with Gasteiger partial charge in [-0.15, -0.1) is 0 Å². The summed E-state index contributed by atoms with van der Waals surface area (Å²) in [7, 11) is 0. The molecule has 0 spiro atoms. The summed E-state index contributed by atoms with van der Waals surface area (Å²) in [5.74, 6) is -6.21. The molecule has 2 aliphatic rings. The van der Waals surface area contributed by atoms with Gasteiger partial charge in [-0.3, -0.25) is 4.79 Å². The number of hydrogen-bond acceptors (Lipinski definition) is 7. The third kappa shape index (κ3) is 4.57. The minimum Gasteiger partial charge on any atom is -0.485 e. The second kappa shape index (κ2) is 8.91. The number of hydrogen-bond donors (Lipinski definition) is 2. The van der Waals surface area contributed by atoms with Gasteiger partial charge in [-0.05, 0) is 30.3 Å². The number of ether oxygens (including phenoxy) is 3. The summed E-state index contributed by atoms with van der Waals surface area (Å²) in [4.78, 5) is 20.3. The Hall–Kier alpha value is -3.55. The molecule has 2 atom stereocenters. The van der Waals surface area contributed by atoms with E-state index in [2.05, 4.69) is 20.0 Å². The number of amidine groups is 1. The van der Waals surface area contributed by atoms with Gasteiger partial charge in [-0.25, -0.2) is 27.5 Å². The van der Waals surface area contributed by atoms with E-state index in [-0.39, 0.29) is 35.3 Å². The average Bonchev–Trinajstić information content (AvgIpc) is 3.16. The molecule has 188 valence electrons. The number of amides is 1. The Labute approximate surface area is 194 Å². The van der Waals surface area contributed by atoms with Crippen LogP contribution in [0.25, 0.3) is 0 Å². The van der Waals surface area contributed by atoms with E-state index in [9.17, 15) is 26.7 Å². The van der Waals surface area contributed by atoms with Gasteiger partial charge in [0.15, 0.2) is 17.8 Å². The molecule has 1 saturated heterocycles. The summed E-state index contributed by atoms with van der Waals surface area (Å²) >= 11 is 0. The number of nitrogens with zero attached hydrogens (tertiary/aromatic N) is 2. The molecule has 1 amide bonds. The molecule has 1 fully saturated rings. The molecule has 0 saturated carbocycles. The number of nitrogens with two attached hydrogens (primary N) is 1. The number of rotatable bonds is 7. The molecule has 0 radical (unpaired) electrons. The van der Waals surface area contributed by atoms with Crippen LogP contribution < -0.4 is 15.8 Å². The van der Waals surface area contributed by atoms with Gasteiger partial charge in [-0.1, -0.05) is 0 Å². The predicted octanol–water partition coefficient (Wildman–Crippen LogP) is 3.03. The zero-order valence-corrected chi connectivity index (χ0v) is 17.7. The molecular weight excluding hydrogens is 486 g/mol. The van der Waals surface area contributed by atoms with Crippen molar-refractivity contribution in [2.45, 2.75) is 23.6 Å². The third-order valence-electron chi connectivity index (χ3n) is 5.52. The van der Waals surface area contributed by atoms with E-state index >= 15 is 4.39 Å². The Bertz CT molecular complexity index is 1150. The lowest BCUT2D eigenvalue weighted by atomic mass is 9.78. The smallest absolute Gasteiger partial charge is 0.340 e. The van der Waals surface area contributed by atoms with E-state index in [1.807, 2.05) is 0 Å². The number of aliphatic imine (C=N–C) groups is 1. The van der Waals surface area contributed by atoms with Crippen molar-refractivity contribution >= 4 is 17.6 Å². The maximum Gasteiger partial charge on any atom is 0.340 e. The molecule has 4 rings (SSSR count). The first-order chi connectivity index (χ1) is 16.5. The van der Waals surface area contributed by atoms with Crippen LogP contribution in [0.15, 0.2) is 41.5 Å². The number of anilines is 1. The molecule has 3 heterocycles. The van der Waals surface area contributed by atoms with Crippen LogP contribution in [0.1, 0.15) is 16.1 Å². The molecule has 1 aromatic carbocycles. The number of halogens is 6. The maximum absolute atomic E-state index is 15.6. The van der Waals surface area contributed by atoms with E-state index in [1.54, 1.807) is 0 Å². The van der Waals surface area contributed by atoms with E-state index in [1.165, 1.54) is 12.1 Å². The van der Waals surface area contributed by atoms with E-state index < -0.39 is 55.1 Å². The van der Waals surface area contributed by atoms with Crippen molar-refractivity contribution in [3.63, 3.8) is 0 Å². The molecule has 1 aromatic heterocycles. The maximum atomic E-state index is 15.6. The van der Waals surface area contributed by atoms with Crippen molar-refractivity contribution in [2.75, 3.05) is 31.7 Å². The summed E-state index contributed by atoms with van der Waals surface area (Å²) in [6.07, 6.45) is -3.00. The Morgan fingerprint density at radius 1 is 1.23 bits per heavy atom. The standard InChI is InChI=1S/C21H18F6N4O4/c22-14-3-1-11(5-13(14)20-9-33-7-19(20,25)8-35-18(28)31-20)30-16(32)15-4-2-12(6-29-15)34-10-21(26,27)17(23)24/h1-6,17H,7-10H2,(H2,28,31)(H,30,32)/t19-,20-/m1/s1. The van der Waals surface area contributed by atoms with Crippen LogP contribution in [0, 0.1) is 5.82 Å². The molecule has 0 aliphatic carbocycles. The van der Waals surface area contributed by atoms with Crippen molar-refractivity contribution in [3.8, 4) is 5.75 Å². The summed E-state index contributed by atoms with van der Waals surface area (Å²) < 4.78 is 95.5. The number of carbonyl (C=O) groups excluding carboxylic acids is 1. The minimum atomic E-state index is -4.35. The number of carbonyl (C=O) groups is 1. The van der Waals surface area contributed by atoms with Gasteiger partial charge in [0.1, 0.15) is 23.9 Å². The van der Waals surface area contributed by atoms with Crippen molar-refractivity contribution in [3.05, 3.63) is 53.6 Å². The van der Waals surface area contributed by atoms with E-state index in [0.717, 1.165) is 24.4 Å². The highest BCUT2D eigenvalue weighted by atomic mass is 19.3. The molecule has 35 heavy (non-hydrogen) atoms. The van der Waals surface area contributed by atoms with E-state index in [0.29, 0.717) is 0 Å². The first-order valence-electron chi connectivity index (χ1n) is 10.1. The first kappa shape index (κ1) is 24.6. The number of benzene rings is 1. The van der Waals surface area contributed by atoms with Crippen LogP contribution in [0.3, 0.4) is 0 Å². The number of nitrogens with one attached hydrogen (secondary N) is 1. The molecule has 14 heteroatoms. The minimum absolute atomic E-state index is 0.0639. The van der Waals surface area contributed by atoms with Gasteiger partial charge in [0.05, 0.1) is 19.4 Å². The number of fused-ring (bicyclic) bond motifs is 1. The van der Waals surface area contributed by atoms with Gasteiger partial charge in [-0.2, -0.15) is 8.78 Å². The topological polar surface area (TPSA) is 108 Å². The Balaban J connectivity index is 1.51. The van der Waals surface area contributed by atoms with Crippen LogP contribution in [0.4, 0.5) is 32.0 Å². The zero-order chi connectivity index (χ0) is 25.4. The fourth-order valence-electron chi connectivity index (χ4n) is 3.65. The summed E-state index contributed by atoms with van der Waals surface area (Å²) in [5.41, 5.74) is 1.25. The van der Waals surface area contributed by atoms with Crippen LogP contribution >= 0.6 is 0 Å². The van der Waals surface area contributed by atoms with Crippen LogP contribution in [0.2, 0.25) is 0 Å². The quantitative estimate of drug-likeness (QED) is 0.562. The summed E-state index contributed by atoms with van der Waals surface area (Å²) in [6, 6.07) is 5.27. The van der Waals surface area contributed by atoms with Crippen molar-refractivity contribution in [1.82, 2.24) is 4.98 Å². The van der Waals surface area contributed by atoms with Gasteiger partial charge < -0.3 is 25.3 Å². The first-order valence-corrected chi connectivity index (χ1v) is 10.1. The molecule has 0 bridgehead atoms. The summed E-state index contributed by atoms with van der Waals surface area (Å²) in [5, 5.41) is 2.45. The molecular formula is C21H18F6N4O4. The molecule has 3 N–H and O–H groups in total. The molecule has 2 aliphatic heterocycles. The Kier molecular flexibility index (Phi) is 6.25. The molecule has 8 nitrogen and oxygen atoms in total. The highest BCUT2D eigenvalue weighted by Crippen LogP contribution is 2.48. The molecule has 0 unspecified atom stereocenters. The lowest BCUT2D eigenvalue weighted by Gasteiger charge is -2.38. The zero-order valence-electron chi connectivity index (χ0n) is 17.7. The van der Waals surface area contributed by atoms with Crippen molar-refractivity contribution in [2.24, 2.45) is 10.7 Å². The van der Waals surface area contributed by atoms with Crippen LogP contribution in [-0.4, -0.2) is 61.4 Å². The lowest BCUT2D eigenvalue weighted by molar-refractivity contribution is -0.148. The van der Waals surface area contributed by atoms with Crippen LogP contribution in [-0.2, 0) is 15.0 Å². The van der Waals surface area contributed by atoms with Crippen molar-refractivity contribution in [1.29, 1.82) is 0 Å². The van der Waals surface area contributed by atoms with Gasteiger partial charge in [0.25, 0.3) is 11.9 Å². The third-order valence-corrected chi connectivity index (χ3v) is 5.52. The predicted molar refractivity (Wildman–Crippen MR) is 109 cm³/mol. The van der Waals surface area contributed by atoms with Crippen LogP contribution in [0.5, 0.6) is 5.75 Å². The lowest BCUT2D eigenvalue weighted by Crippen LogP contribution is -2.55. The SMILES string of the molecule is NC1=N[C@@]2(c3cc(NC(=O)c4ccc(OCC(F)(F)C(F)F)cn4)ccc3F)COC[C@@]2(F)CO1. The largest absolute Gasteiger partial charge is 0.485 e. The van der Waals surface area contributed by atoms with Crippen molar-refractivity contribution < 1.29 is 45.3 Å². The fraction of sp³-hybridized carbons (Fsp3) is 0.381. The van der Waals surface area contributed by atoms with E-state index in [4.69, 9.17) is 15.2 Å². The Morgan fingerprint density at radius 3 is 2.69 bits per heavy atom.